The van der Waals surface area contributed by atoms with E-state index in [-0.39, 0.29) is 0 Å². The van der Waals surface area contributed by atoms with Crippen LogP contribution in [0.15, 0.2) is 69.9 Å². The Morgan fingerprint density at radius 2 is 1.48 bits per heavy atom. The van der Waals surface area contributed by atoms with Gasteiger partial charge in [-0.15, -0.1) is 11.3 Å². The molecule has 174 valence electrons. The number of hydrogen-bond donors (Lipinski definition) is 0. The van der Waals surface area contributed by atoms with Crippen molar-refractivity contribution in [2.75, 3.05) is 13.1 Å². The van der Waals surface area contributed by atoms with Crippen LogP contribution in [0, 0.1) is 0 Å². The highest BCUT2D eigenvalue weighted by molar-refractivity contribution is 7.89. The number of nitrogens with zero attached hydrogens (tertiary/aromatic N) is 3. The van der Waals surface area contributed by atoms with Crippen LogP contribution in [0.1, 0.15) is 57.4 Å². The standard InChI is InChI=1S/C26H31N3O2S2/c30-33(31,28-18-8-3-9-19-28)24-16-14-21(15-17-24)25-20-32-26(27-22-10-4-1-5-11-22)29(25)23-12-6-2-7-13-23/h1,4-5,10-11,14-17,20,23H,2-3,6-9,12-13,18-19H2. The molecule has 1 saturated heterocycles. The highest BCUT2D eigenvalue weighted by Gasteiger charge is 2.26. The molecule has 33 heavy (non-hydrogen) atoms. The molecule has 2 aromatic carbocycles. The third-order valence-corrected chi connectivity index (χ3v) is 9.52. The van der Waals surface area contributed by atoms with Crippen LogP contribution in [0.5, 0.6) is 0 Å². The van der Waals surface area contributed by atoms with Gasteiger partial charge in [-0.2, -0.15) is 4.31 Å². The van der Waals surface area contributed by atoms with Crippen molar-refractivity contribution in [2.45, 2.75) is 62.3 Å². The molecule has 0 N–H and O–H groups in total. The van der Waals surface area contributed by atoms with Gasteiger partial charge in [-0.05, 0) is 55.5 Å². The van der Waals surface area contributed by atoms with Gasteiger partial charge in [0.05, 0.1) is 16.3 Å². The van der Waals surface area contributed by atoms with E-state index >= 15 is 0 Å². The molecule has 1 aliphatic heterocycles. The number of aromatic nitrogens is 1. The zero-order valence-corrected chi connectivity index (χ0v) is 20.5. The monoisotopic (exact) mass is 481 g/mol. The average molecular weight is 482 g/mol. The number of hydrogen-bond acceptors (Lipinski definition) is 4. The Balaban J connectivity index is 1.52. The maximum absolute atomic E-state index is 13.1. The van der Waals surface area contributed by atoms with Crippen LogP contribution in [-0.4, -0.2) is 30.4 Å². The van der Waals surface area contributed by atoms with Crippen molar-refractivity contribution in [1.82, 2.24) is 8.87 Å². The molecule has 0 radical (unpaired) electrons. The highest BCUT2D eigenvalue weighted by Crippen LogP contribution is 2.33. The number of thiazole rings is 1. The normalized spacial score (nSPS) is 19.1. The van der Waals surface area contributed by atoms with Gasteiger partial charge < -0.3 is 4.57 Å². The maximum atomic E-state index is 13.1. The van der Waals surface area contributed by atoms with Gasteiger partial charge in [0.15, 0.2) is 4.80 Å². The number of piperidine rings is 1. The predicted molar refractivity (Wildman–Crippen MR) is 134 cm³/mol. The van der Waals surface area contributed by atoms with E-state index in [1.807, 2.05) is 42.5 Å². The minimum atomic E-state index is -3.42. The van der Waals surface area contributed by atoms with Crippen molar-refractivity contribution in [3.8, 4) is 11.3 Å². The molecular weight excluding hydrogens is 450 g/mol. The molecule has 0 bridgehead atoms. The lowest BCUT2D eigenvalue weighted by molar-refractivity contribution is 0.346. The van der Waals surface area contributed by atoms with Crippen LogP contribution < -0.4 is 4.80 Å². The fraction of sp³-hybridized carbons (Fsp3) is 0.423. The molecule has 3 aromatic rings. The van der Waals surface area contributed by atoms with Gasteiger partial charge >= 0.3 is 0 Å². The topological polar surface area (TPSA) is 54.7 Å². The molecule has 0 spiro atoms. The average Bonchev–Trinajstić information content (AvgIpc) is 3.29. The van der Waals surface area contributed by atoms with Gasteiger partial charge in [0.2, 0.25) is 10.0 Å². The first-order chi connectivity index (χ1) is 16.1. The number of para-hydroxylation sites is 1. The summed E-state index contributed by atoms with van der Waals surface area (Å²) in [4.78, 5) is 6.36. The van der Waals surface area contributed by atoms with E-state index in [4.69, 9.17) is 4.99 Å². The smallest absolute Gasteiger partial charge is 0.243 e. The van der Waals surface area contributed by atoms with E-state index in [2.05, 4.69) is 9.95 Å². The number of sulfonamides is 1. The Bertz CT molecular complexity index is 1230. The first-order valence-electron chi connectivity index (χ1n) is 12.0. The maximum Gasteiger partial charge on any atom is 0.243 e. The van der Waals surface area contributed by atoms with Crippen LogP contribution >= 0.6 is 11.3 Å². The summed E-state index contributed by atoms with van der Waals surface area (Å²) in [6, 6.07) is 18.0. The van der Waals surface area contributed by atoms with E-state index in [1.54, 1.807) is 27.8 Å². The molecule has 2 heterocycles. The van der Waals surface area contributed by atoms with E-state index < -0.39 is 10.0 Å². The van der Waals surface area contributed by atoms with Crippen LogP contribution in [0.2, 0.25) is 0 Å². The van der Waals surface area contributed by atoms with Gasteiger partial charge in [0.25, 0.3) is 0 Å². The molecule has 0 unspecified atom stereocenters. The Hall–Kier alpha value is -2.22. The van der Waals surface area contributed by atoms with E-state index in [0.717, 1.165) is 53.9 Å². The minimum absolute atomic E-state index is 0.391. The third-order valence-electron chi connectivity index (χ3n) is 6.77. The molecule has 7 heteroatoms. The Morgan fingerprint density at radius 3 is 2.18 bits per heavy atom. The molecule has 1 aromatic heterocycles. The van der Waals surface area contributed by atoms with Crippen molar-refractivity contribution < 1.29 is 8.42 Å². The van der Waals surface area contributed by atoms with Crippen molar-refractivity contribution in [2.24, 2.45) is 4.99 Å². The van der Waals surface area contributed by atoms with Crippen LogP contribution in [-0.2, 0) is 10.0 Å². The summed E-state index contributed by atoms with van der Waals surface area (Å²) < 4.78 is 30.2. The minimum Gasteiger partial charge on any atom is -0.313 e. The number of rotatable bonds is 5. The van der Waals surface area contributed by atoms with E-state index in [9.17, 15) is 8.42 Å². The Kier molecular flexibility index (Phi) is 6.81. The molecule has 2 aliphatic rings. The van der Waals surface area contributed by atoms with Crippen molar-refractivity contribution >= 4 is 27.0 Å². The molecule has 1 saturated carbocycles. The van der Waals surface area contributed by atoms with Crippen molar-refractivity contribution in [3.05, 3.63) is 64.8 Å². The Labute approximate surface area is 200 Å². The fourth-order valence-electron chi connectivity index (χ4n) is 4.97. The molecule has 1 aliphatic carbocycles. The van der Waals surface area contributed by atoms with E-state index in [0.29, 0.717) is 24.0 Å². The summed E-state index contributed by atoms with van der Waals surface area (Å²) in [6.45, 7) is 1.25. The van der Waals surface area contributed by atoms with Gasteiger partial charge in [0.1, 0.15) is 0 Å². The molecular formula is C26H31N3O2S2. The second-order valence-electron chi connectivity index (χ2n) is 9.00. The van der Waals surface area contributed by atoms with Crippen molar-refractivity contribution in [3.63, 3.8) is 0 Å². The van der Waals surface area contributed by atoms with Crippen LogP contribution in [0.3, 0.4) is 0 Å². The zero-order chi connectivity index (χ0) is 22.7. The summed E-state index contributed by atoms with van der Waals surface area (Å²) >= 11 is 1.66. The van der Waals surface area contributed by atoms with Gasteiger partial charge in [0, 0.05) is 24.5 Å². The molecule has 0 amide bonds. The van der Waals surface area contributed by atoms with Crippen LogP contribution in [0.25, 0.3) is 11.3 Å². The lowest BCUT2D eigenvalue weighted by Gasteiger charge is -2.26. The molecule has 2 fully saturated rings. The molecule has 0 atom stereocenters. The van der Waals surface area contributed by atoms with Crippen molar-refractivity contribution in [1.29, 1.82) is 0 Å². The Morgan fingerprint density at radius 1 is 0.818 bits per heavy atom. The molecule has 5 nitrogen and oxygen atoms in total. The lowest BCUT2D eigenvalue weighted by Crippen LogP contribution is -2.35. The second kappa shape index (κ2) is 9.95. The van der Waals surface area contributed by atoms with Gasteiger partial charge in [-0.25, -0.2) is 13.4 Å². The van der Waals surface area contributed by atoms with E-state index in [1.165, 1.54) is 19.3 Å². The zero-order valence-electron chi connectivity index (χ0n) is 18.9. The third kappa shape index (κ3) is 4.86. The van der Waals surface area contributed by atoms with Gasteiger partial charge in [-0.1, -0.05) is 56.0 Å². The second-order valence-corrected chi connectivity index (χ2v) is 11.8. The fourth-order valence-corrected chi connectivity index (χ4v) is 7.47. The SMILES string of the molecule is O=S(=O)(c1ccc(-c2csc(=Nc3ccccc3)n2C2CCCCC2)cc1)N1CCCCC1. The van der Waals surface area contributed by atoms with Gasteiger partial charge in [-0.3, -0.25) is 0 Å². The summed E-state index contributed by atoms with van der Waals surface area (Å²) in [5.41, 5.74) is 3.13. The lowest BCUT2D eigenvalue weighted by atomic mass is 9.95. The first-order valence-corrected chi connectivity index (χ1v) is 14.4. The summed E-state index contributed by atoms with van der Waals surface area (Å²) in [6.07, 6.45) is 9.10. The first kappa shape index (κ1) is 22.6. The number of benzene rings is 2. The summed E-state index contributed by atoms with van der Waals surface area (Å²) in [7, 11) is -3.42. The quantitative estimate of drug-likeness (QED) is 0.440. The summed E-state index contributed by atoms with van der Waals surface area (Å²) in [5, 5.41) is 2.17. The predicted octanol–water partition coefficient (Wildman–Crippen LogP) is 6.13. The van der Waals surface area contributed by atoms with Crippen LogP contribution in [0.4, 0.5) is 5.69 Å². The molecule has 5 rings (SSSR count). The highest BCUT2D eigenvalue weighted by atomic mass is 32.2. The summed E-state index contributed by atoms with van der Waals surface area (Å²) in [5.74, 6) is 0. The largest absolute Gasteiger partial charge is 0.313 e.